The summed E-state index contributed by atoms with van der Waals surface area (Å²) in [5.41, 5.74) is 1.71. The molecule has 2 amide bonds. The maximum Gasteiger partial charge on any atom is 0.264 e. The molecule has 4 rings (SSSR count). The molecule has 48 heavy (non-hydrogen) atoms. The van der Waals surface area contributed by atoms with Crippen LogP contribution in [0.15, 0.2) is 108 Å². The van der Waals surface area contributed by atoms with E-state index in [1.165, 1.54) is 12.0 Å². The van der Waals surface area contributed by atoms with Crippen LogP contribution in [-0.4, -0.2) is 57.5 Å². The second-order valence-corrected chi connectivity index (χ2v) is 13.2. The zero-order valence-corrected chi connectivity index (χ0v) is 28.5. The fourth-order valence-electron chi connectivity index (χ4n) is 5.10. The summed E-state index contributed by atoms with van der Waals surface area (Å²) >= 11 is 0. The number of nitrogens with one attached hydrogen (secondary N) is 1. The van der Waals surface area contributed by atoms with Crippen LogP contribution in [0.4, 0.5) is 10.1 Å². The highest BCUT2D eigenvalue weighted by Gasteiger charge is 2.35. The Labute approximate surface area is 282 Å². The van der Waals surface area contributed by atoms with Gasteiger partial charge in [-0.2, -0.15) is 0 Å². The normalized spacial score (nSPS) is 12.4. The summed E-state index contributed by atoms with van der Waals surface area (Å²) in [4.78, 5) is 29.8. The molecule has 0 aromatic heterocycles. The minimum Gasteiger partial charge on any atom is -0.497 e. The lowest BCUT2D eigenvalue weighted by Gasteiger charge is -2.34. The number of hydrogen-bond acceptors (Lipinski definition) is 6. The Morgan fingerprint density at radius 3 is 2.15 bits per heavy atom. The van der Waals surface area contributed by atoms with E-state index in [0.29, 0.717) is 30.1 Å². The number of carbonyl (C=O) groups is 2. The molecule has 4 aromatic carbocycles. The molecule has 11 heteroatoms. The predicted octanol–water partition coefficient (Wildman–Crippen LogP) is 5.98. The number of methoxy groups -OCH3 is 1. The Kier molecular flexibility index (Phi) is 12.6. The van der Waals surface area contributed by atoms with Crippen LogP contribution < -0.4 is 19.1 Å². The van der Waals surface area contributed by atoms with Crippen molar-refractivity contribution in [3.8, 4) is 11.5 Å². The van der Waals surface area contributed by atoms with Gasteiger partial charge in [0.15, 0.2) is 0 Å². The molecule has 0 bridgehead atoms. The van der Waals surface area contributed by atoms with Crippen molar-refractivity contribution in [2.24, 2.45) is 0 Å². The summed E-state index contributed by atoms with van der Waals surface area (Å²) < 4.78 is 54.0. The molecular weight excluding hydrogens is 633 g/mol. The van der Waals surface area contributed by atoms with Crippen molar-refractivity contribution in [2.75, 3.05) is 24.6 Å². The predicted molar refractivity (Wildman–Crippen MR) is 184 cm³/mol. The van der Waals surface area contributed by atoms with Gasteiger partial charge in [0, 0.05) is 19.0 Å². The van der Waals surface area contributed by atoms with E-state index < -0.39 is 34.3 Å². The lowest BCUT2D eigenvalue weighted by molar-refractivity contribution is -0.140. The molecule has 254 valence electrons. The third kappa shape index (κ3) is 9.34. The van der Waals surface area contributed by atoms with Gasteiger partial charge in [0.25, 0.3) is 10.0 Å². The molecule has 0 saturated heterocycles. The Morgan fingerprint density at radius 2 is 1.52 bits per heavy atom. The van der Waals surface area contributed by atoms with Gasteiger partial charge in [-0.05, 0) is 92.1 Å². The Balaban J connectivity index is 1.82. The van der Waals surface area contributed by atoms with Crippen molar-refractivity contribution in [2.45, 2.75) is 57.1 Å². The van der Waals surface area contributed by atoms with Gasteiger partial charge >= 0.3 is 0 Å². The molecular formula is C37H42FN3O6S. The highest BCUT2D eigenvalue weighted by Crippen LogP contribution is 2.27. The number of amides is 2. The van der Waals surface area contributed by atoms with Gasteiger partial charge in [-0.15, -0.1) is 0 Å². The molecule has 9 nitrogen and oxygen atoms in total. The SMILES string of the molecule is CCOc1ccc(N(CC(=O)N(Cc2cccc(OC)c2)[C@@H](Cc2ccccc2)C(=O)N[C@@H](C)CC)S(=O)(=O)c2ccc(F)cc2)cc1. The summed E-state index contributed by atoms with van der Waals surface area (Å²) in [7, 11) is -2.84. The van der Waals surface area contributed by atoms with E-state index in [4.69, 9.17) is 9.47 Å². The van der Waals surface area contributed by atoms with E-state index >= 15 is 0 Å². The van der Waals surface area contributed by atoms with E-state index in [-0.39, 0.29) is 35.5 Å². The lowest BCUT2D eigenvalue weighted by Crippen LogP contribution is -2.54. The van der Waals surface area contributed by atoms with E-state index in [0.717, 1.165) is 34.1 Å². The number of carbonyl (C=O) groups excluding carboxylic acids is 2. The summed E-state index contributed by atoms with van der Waals surface area (Å²) in [6.07, 6.45) is 0.863. The number of ether oxygens (including phenoxy) is 2. The van der Waals surface area contributed by atoms with Crippen molar-refractivity contribution in [3.05, 3.63) is 120 Å². The van der Waals surface area contributed by atoms with Crippen molar-refractivity contribution in [1.82, 2.24) is 10.2 Å². The summed E-state index contributed by atoms with van der Waals surface area (Å²) in [6.45, 7) is 5.43. The van der Waals surface area contributed by atoms with Crippen LogP contribution in [0.1, 0.15) is 38.3 Å². The molecule has 0 saturated carbocycles. The monoisotopic (exact) mass is 675 g/mol. The number of halogens is 1. The zero-order valence-electron chi connectivity index (χ0n) is 27.6. The first-order chi connectivity index (χ1) is 23.0. The molecule has 0 aliphatic rings. The number of benzene rings is 4. The lowest BCUT2D eigenvalue weighted by atomic mass is 10.0. The van der Waals surface area contributed by atoms with Crippen LogP contribution in [0.5, 0.6) is 11.5 Å². The summed E-state index contributed by atoms with van der Waals surface area (Å²) in [5, 5.41) is 3.02. The molecule has 0 aliphatic carbocycles. The maximum atomic E-state index is 14.6. The topological polar surface area (TPSA) is 105 Å². The van der Waals surface area contributed by atoms with Crippen molar-refractivity contribution < 1.29 is 31.9 Å². The van der Waals surface area contributed by atoms with Gasteiger partial charge in [0.2, 0.25) is 11.8 Å². The quantitative estimate of drug-likeness (QED) is 0.157. The molecule has 2 atom stereocenters. The number of sulfonamides is 1. The fourth-order valence-corrected chi connectivity index (χ4v) is 6.51. The van der Waals surface area contributed by atoms with E-state index in [1.54, 1.807) is 42.5 Å². The van der Waals surface area contributed by atoms with Crippen LogP contribution in [0, 0.1) is 5.82 Å². The minimum atomic E-state index is -4.38. The third-order valence-electron chi connectivity index (χ3n) is 7.88. The average Bonchev–Trinajstić information content (AvgIpc) is 3.09. The molecule has 0 spiro atoms. The number of rotatable bonds is 16. The molecule has 0 heterocycles. The Hall–Kier alpha value is -4.90. The van der Waals surface area contributed by atoms with Gasteiger partial charge in [0.05, 0.1) is 24.3 Å². The second kappa shape index (κ2) is 16.8. The van der Waals surface area contributed by atoms with E-state index in [2.05, 4.69) is 5.32 Å². The number of anilines is 1. The zero-order chi connectivity index (χ0) is 34.7. The first kappa shape index (κ1) is 35.9. The standard InChI is InChI=1S/C37H42FN3O6S/c1-5-27(3)39-37(43)35(24-28-11-8-7-9-12-28)40(25-29-13-10-14-33(23-29)46-4)36(42)26-41(31-17-19-32(20-18-31)47-6-2)48(44,45)34-21-15-30(38)16-22-34/h7-23,27,35H,5-6,24-26H2,1-4H3,(H,39,43)/t27-,35-/m0/s1. The average molecular weight is 676 g/mol. The first-order valence-corrected chi connectivity index (χ1v) is 17.3. The van der Waals surface area contributed by atoms with Gasteiger partial charge in [0.1, 0.15) is 29.9 Å². The summed E-state index contributed by atoms with van der Waals surface area (Å²) in [6, 6.07) is 26.1. The minimum absolute atomic E-state index is 0.00479. The van der Waals surface area contributed by atoms with Crippen molar-refractivity contribution in [1.29, 1.82) is 0 Å². The maximum absolute atomic E-state index is 14.6. The third-order valence-corrected chi connectivity index (χ3v) is 9.66. The van der Waals surface area contributed by atoms with Crippen molar-refractivity contribution in [3.63, 3.8) is 0 Å². The highest BCUT2D eigenvalue weighted by atomic mass is 32.2. The molecule has 0 fully saturated rings. The Bertz CT molecular complexity index is 1750. The van der Waals surface area contributed by atoms with E-state index in [9.17, 15) is 22.4 Å². The van der Waals surface area contributed by atoms with Gasteiger partial charge in [-0.3, -0.25) is 13.9 Å². The van der Waals surface area contributed by atoms with Crippen LogP contribution >= 0.6 is 0 Å². The van der Waals surface area contributed by atoms with Gasteiger partial charge in [-0.1, -0.05) is 49.4 Å². The second-order valence-electron chi connectivity index (χ2n) is 11.3. The highest BCUT2D eigenvalue weighted by molar-refractivity contribution is 7.92. The Morgan fingerprint density at radius 1 is 0.854 bits per heavy atom. The van der Waals surface area contributed by atoms with Crippen LogP contribution in [0.25, 0.3) is 0 Å². The number of nitrogens with zero attached hydrogens (tertiary/aromatic N) is 2. The van der Waals surface area contributed by atoms with Crippen LogP contribution in [0.3, 0.4) is 0 Å². The molecule has 4 aromatic rings. The first-order valence-electron chi connectivity index (χ1n) is 15.8. The molecule has 0 unspecified atom stereocenters. The van der Waals surface area contributed by atoms with Crippen LogP contribution in [-0.2, 0) is 32.6 Å². The number of hydrogen-bond donors (Lipinski definition) is 1. The van der Waals surface area contributed by atoms with Crippen molar-refractivity contribution >= 4 is 27.5 Å². The largest absolute Gasteiger partial charge is 0.497 e. The van der Waals surface area contributed by atoms with Gasteiger partial charge < -0.3 is 19.7 Å². The smallest absolute Gasteiger partial charge is 0.264 e. The van der Waals surface area contributed by atoms with Gasteiger partial charge in [-0.25, -0.2) is 12.8 Å². The van der Waals surface area contributed by atoms with Crippen LogP contribution in [0.2, 0.25) is 0 Å². The molecule has 0 aliphatic heterocycles. The molecule has 1 N–H and O–H groups in total. The molecule has 0 radical (unpaired) electrons. The fraction of sp³-hybridized carbons (Fsp3) is 0.297. The van der Waals surface area contributed by atoms with E-state index in [1.807, 2.05) is 57.2 Å². The summed E-state index contributed by atoms with van der Waals surface area (Å²) in [5.74, 6) is -0.483.